The van der Waals surface area contributed by atoms with Gasteiger partial charge in [-0.1, -0.05) is 55.5 Å². The SMILES string of the molecule is CC.CCOC(=O)c1cn(Cc2ccc(N3CC(C)CC3=O)cc2)nn1.O=C(O)c1cn(Cc2ccc(N3CC4CC4C3=O)cc2)nn1. The standard InChI is InChI=1S/C17H20N4O3.C15H14N4O3.C2H6/c1-3-24-17(23)15-11-20(19-18-15)10-13-4-6-14(7-5-13)21-9-12(2)8-16(21)22;20-14-12-5-10(12)7-19(14)11-3-1-9(2-4-11)6-18-8-13(15(21)22)16-17-18;1-2/h4-7,11-12H,3,8-10H2,1-2H3;1-4,8,10,12H,5-7H2,(H,21,22);1-2H3. The van der Waals surface area contributed by atoms with E-state index in [9.17, 15) is 19.2 Å². The number of rotatable bonds is 9. The molecule has 4 aromatic rings. The third-order valence-corrected chi connectivity index (χ3v) is 8.21. The lowest BCUT2D eigenvalue weighted by Gasteiger charge is -2.18. The Morgan fingerprint density at radius 3 is 1.83 bits per heavy atom. The van der Waals surface area contributed by atoms with E-state index in [0.717, 1.165) is 42.0 Å². The summed E-state index contributed by atoms with van der Waals surface area (Å²) in [5, 5.41) is 23.9. The van der Waals surface area contributed by atoms with Crippen molar-refractivity contribution in [1.82, 2.24) is 30.0 Å². The van der Waals surface area contributed by atoms with Gasteiger partial charge in [0.25, 0.3) is 0 Å². The minimum absolute atomic E-state index is 0.0708. The number of esters is 1. The Bertz CT molecular complexity index is 1750. The van der Waals surface area contributed by atoms with E-state index in [4.69, 9.17) is 9.84 Å². The van der Waals surface area contributed by atoms with Gasteiger partial charge < -0.3 is 19.6 Å². The van der Waals surface area contributed by atoms with E-state index in [-0.39, 0.29) is 29.1 Å². The molecule has 3 atom stereocenters. The highest BCUT2D eigenvalue weighted by Gasteiger charge is 2.52. The summed E-state index contributed by atoms with van der Waals surface area (Å²) in [5.74, 6) is 0.0499. The molecule has 1 aliphatic carbocycles. The number of aromatic nitrogens is 6. The molecule has 3 aliphatic rings. The van der Waals surface area contributed by atoms with Crippen molar-refractivity contribution in [3.63, 3.8) is 0 Å². The van der Waals surface area contributed by atoms with Crippen LogP contribution in [0, 0.1) is 17.8 Å². The van der Waals surface area contributed by atoms with Gasteiger partial charge in [0, 0.05) is 36.8 Å². The van der Waals surface area contributed by atoms with Gasteiger partial charge in [0.2, 0.25) is 11.8 Å². The number of carbonyl (C=O) groups is 4. The third kappa shape index (κ3) is 7.93. The van der Waals surface area contributed by atoms with Gasteiger partial charge in [-0.25, -0.2) is 19.0 Å². The normalized spacial score (nSPS) is 19.2. The largest absolute Gasteiger partial charge is 0.476 e. The molecule has 3 fully saturated rings. The number of nitrogens with zero attached hydrogens (tertiary/aromatic N) is 8. The zero-order chi connectivity index (χ0) is 34.4. The third-order valence-electron chi connectivity index (χ3n) is 8.21. The van der Waals surface area contributed by atoms with Crippen LogP contribution in [0.2, 0.25) is 0 Å². The van der Waals surface area contributed by atoms with Crippen molar-refractivity contribution in [3.8, 4) is 0 Å². The molecular formula is C34H40N8O6. The van der Waals surface area contributed by atoms with Crippen molar-refractivity contribution in [1.29, 1.82) is 0 Å². The van der Waals surface area contributed by atoms with Crippen molar-refractivity contribution in [2.24, 2.45) is 17.8 Å². The molecule has 2 amide bonds. The number of fused-ring (bicyclic) bond motifs is 1. The van der Waals surface area contributed by atoms with Gasteiger partial charge in [-0.15, -0.1) is 10.2 Å². The van der Waals surface area contributed by atoms with Crippen LogP contribution in [-0.4, -0.2) is 78.5 Å². The summed E-state index contributed by atoms with van der Waals surface area (Å²) in [6.45, 7) is 10.7. The molecular weight excluding hydrogens is 616 g/mol. The van der Waals surface area contributed by atoms with Gasteiger partial charge in [0.05, 0.1) is 32.1 Å². The van der Waals surface area contributed by atoms with Crippen molar-refractivity contribution in [2.75, 3.05) is 29.5 Å². The summed E-state index contributed by atoms with van der Waals surface area (Å²) in [6.07, 6.45) is 4.62. The molecule has 252 valence electrons. The van der Waals surface area contributed by atoms with E-state index < -0.39 is 11.9 Å². The van der Waals surface area contributed by atoms with E-state index in [1.807, 2.05) is 72.2 Å². The Labute approximate surface area is 278 Å². The summed E-state index contributed by atoms with van der Waals surface area (Å²) in [5.41, 5.74) is 3.95. The fourth-order valence-electron chi connectivity index (χ4n) is 5.73. The number of carboxylic acids is 1. The Balaban J connectivity index is 0.000000179. The number of hydrogen-bond acceptors (Lipinski definition) is 9. The van der Waals surface area contributed by atoms with Crippen LogP contribution in [0.1, 0.15) is 72.6 Å². The fourth-order valence-corrected chi connectivity index (χ4v) is 5.73. The molecule has 0 bridgehead atoms. The lowest BCUT2D eigenvalue weighted by Crippen LogP contribution is -2.27. The Hall–Kier alpha value is -5.40. The molecule has 2 aromatic heterocycles. The number of anilines is 2. The van der Waals surface area contributed by atoms with E-state index in [1.165, 1.54) is 10.9 Å². The Kier molecular flexibility index (Phi) is 10.6. The highest BCUT2D eigenvalue weighted by molar-refractivity contribution is 5.99. The minimum atomic E-state index is -1.09. The maximum Gasteiger partial charge on any atom is 0.360 e. The van der Waals surface area contributed by atoms with Crippen LogP contribution >= 0.6 is 0 Å². The number of aromatic carboxylic acids is 1. The summed E-state index contributed by atoms with van der Waals surface area (Å²) in [7, 11) is 0. The summed E-state index contributed by atoms with van der Waals surface area (Å²) in [4.78, 5) is 50.0. The highest BCUT2D eigenvalue weighted by Crippen LogP contribution is 2.47. The van der Waals surface area contributed by atoms with Crippen LogP contribution in [0.25, 0.3) is 0 Å². The molecule has 48 heavy (non-hydrogen) atoms. The van der Waals surface area contributed by atoms with Crippen molar-refractivity contribution in [2.45, 2.75) is 53.6 Å². The number of carbonyl (C=O) groups excluding carboxylic acids is 3. The predicted octanol–water partition coefficient (Wildman–Crippen LogP) is 3.91. The molecule has 3 unspecified atom stereocenters. The minimum Gasteiger partial charge on any atom is -0.476 e. The molecule has 4 heterocycles. The first-order chi connectivity index (χ1) is 23.2. The Morgan fingerprint density at radius 2 is 1.38 bits per heavy atom. The molecule has 0 radical (unpaired) electrons. The van der Waals surface area contributed by atoms with Crippen molar-refractivity contribution in [3.05, 3.63) is 83.4 Å². The average molecular weight is 657 g/mol. The van der Waals surface area contributed by atoms with Gasteiger partial charge >= 0.3 is 11.9 Å². The maximum atomic E-state index is 12.0. The second-order valence-corrected chi connectivity index (χ2v) is 11.8. The van der Waals surface area contributed by atoms with Crippen LogP contribution in [0.3, 0.4) is 0 Å². The van der Waals surface area contributed by atoms with Crippen molar-refractivity contribution >= 4 is 35.1 Å². The smallest absolute Gasteiger partial charge is 0.360 e. The average Bonchev–Trinajstić information content (AvgIpc) is 3.43. The number of benzene rings is 2. The molecule has 7 rings (SSSR count). The Morgan fingerprint density at radius 1 is 0.833 bits per heavy atom. The van der Waals surface area contributed by atoms with Gasteiger partial charge in [0.15, 0.2) is 11.4 Å². The van der Waals surface area contributed by atoms with E-state index in [1.54, 1.807) is 17.8 Å². The van der Waals surface area contributed by atoms with Crippen molar-refractivity contribution < 1.29 is 29.0 Å². The van der Waals surface area contributed by atoms with E-state index in [0.29, 0.717) is 38.0 Å². The number of piperidine rings is 1. The fraction of sp³-hybridized carbons (Fsp3) is 0.412. The second kappa shape index (κ2) is 15.0. The number of amides is 2. The number of hydrogen-bond donors (Lipinski definition) is 1. The monoisotopic (exact) mass is 656 g/mol. The first-order valence-corrected chi connectivity index (χ1v) is 16.2. The molecule has 2 aliphatic heterocycles. The van der Waals surface area contributed by atoms with Gasteiger partial charge in [-0.2, -0.15) is 0 Å². The lowest BCUT2D eigenvalue weighted by atomic mass is 10.1. The second-order valence-electron chi connectivity index (χ2n) is 11.8. The molecule has 1 N–H and O–H groups in total. The quantitative estimate of drug-likeness (QED) is 0.261. The predicted molar refractivity (Wildman–Crippen MR) is 175 cm³/mol. The van der Waals surface area contributed by atoms with Crippen LogP contribution in [0.15, 0.2) is 60.9 Å². The van der Waals surface area contributed by atoms with Crippen LogP contribution < -0.4 is 9.80 Å². The van der Waals surface area contributed by atoms with Gasteiger partial charge in [-0.05, 0) is 60.6 Å². The molecule has 1 saturated carbocycles. The molecule has 2 saturated heterocycles. The van der Waals surface area contributed by atoms with E-state index >= 15 is 0 Å². The summed E-state index contributed by atoms with van der Waals surface area (Å²) in [6, 6.07) is 15.5. The maximum absolute atomic E-state index is 12.0. The lowest BCUT2D eigenvalue weighted by molar-refractivity contribution is -0.119. The number of carboxylic acid groups (broad SMARTS) is 1. The first-order valence-electron chi connectivity index (χ1n) is 16.2. The van der Waals surface area contributed by atoms with Crippen LogP contribution in [0.4, 0.5) is 11.4 Å². The van der Waals surface area contributed by atoms with Crippen LogP contribution in [0.5, 0.6) is 0 Å². The van der Waals surface area contributed by atoms with E-state index in [2.05, 4.69) is 27.5 Å². The van der Waals surface area contributed by atoms with Gasteiger partial charge in [0.1, 0.15) is 0 Å². The number of ether oxygens (including phenoxy) is 1. The van der Waals surface area contributed by atoms with Crippen LogP contribution in [-0.2, 0) is 27.4 Å². The summed E-state index contributed by atoms with van der Waals surface area (Å²) < 4.78 is 7.96. The zero-order valence-corrected chi connectivity index (χ0v) is 27.5. The summed E-state index contributed by atoms with van der Waals surface area (Å²) >= 11 is 0. The first kappa shape index (κ1) is 33.9. The zero-order valence-electron chi connectivity index (χ0n) is 27.5. The molecule has 14 heteroatoms. The van der Waals surface area contributed by atoms with Gasteiger partial charge in [-0.3, -0.25) is 9.59 Å². The highest BCUT2D eigenvalue weighted by atomic mass is 16.5. The molecule has 0 spiro atoms. The topological polar surface area (TPSA) is 166 Å². The molecule has 14 nitrogen and oxygen atoms in total. The molecule has 2 aromatic carbocycles.